The molecule has 1 heterocycles. The molecule has 1 N–H and O–H groups in total. The highest BCUT2D eigenvalue weighted by Crippen LogP contribution is 2.64. The first-order chi connectivity index (χ1) is 12.9. The molecular weight excluding hydrogens is 404 g/mol. The van der Waals surface area contributed by atoms with E-state index in [4.69, 9.17) is 0 Å². The summed E-state index contributed by atoms with van der Waals surface area (Å²) in [5.41, 5.74) is 1.30. The first kappa shape index (κ1) is 17.7. The monoisotopic (exact) mass is 430 g/mol. The molecule has 5 aliphatic rings. The first-order valence-corrected chi connectivity index (χ1v) is 11.1. The summed E-state index contributed by atoms with van der Waals surface area (Å²) in [5.74, 6) is 1.67. The molecule has 1 aromatic carbocycles. The van der Waals surface area contributed by atoms with Crippen LogP contribution in [0.2, 0.25) is 0 Å². The third-order valence-electron chi connectivity index (χ3n) is 7.25. The van der Waals surface area contributed by atoms with E-state index >= 15 is 0 Å². The summed E-state index contributed by atoms with van der Waals surface area (Å²) in [4.78, 5) is 27.6. The molecule has 144 valence electrons. The molecule has 2 unspecified atom stereocenters. The number of amides is 2. The van der Waals surface area contributed by atoms with Gasteiger partial charge in [0, 0.05) is 28.7 Å². The zero-order valence-corrected chi connectivity index (χ0v) is 17.3. The summed E-state index contributed by atoms with van der Waals surface area (Å²) < 4.78 is 0.181. The standard InChI is InChI=1S/C22H27BrN2O2/c23-22-12-15-9-16(13-22)11-21(10-15,14-22)20(27)24-18-5-3-17(4-6-18)19(26)25-7-1-2-8-25/h3-6,15-16H,1-2,7-14H2,(H,24,27). The highest BCUT2D eigenvalue weighted by Gasteiger charge is 2.59. The second-order valence-corrected chi connectivity index (χ2v) is 11.1. The topological polar surface area (TPSA) is 49.4 Å². The second kappa shape index (κ2) is 6.33. The number of anilines is 1. The van der Waals surface area contributed by atoms with Gasteiger partial charge in [-0.1, -0.05) is 15.9 Å². The van der Waals surface area contributed by atoms with Crippen LogP contribution in [-0.4, -0.2) is 34.1 Å². The molecule has 0 spiro atoms. The highest BCUT2D eigenvalue weighted by molar-refractivity contribution is 9.10. The van der Waals surface area contributed by atoms with Crippen molar-refractivity contribution in [3.8, 4) is 0 Å². The number of likely N-dealkylation sites (tertiary alicyclic amines) is 1. The van der Waals surface area contributed by atoms with Crippen LogP contribution < -0.4 is 5.32 Å². The van der Waals surface area contributed by atoms with E-state index < -0.39 is 0 Å². The van der Waals surface area contributed by atoms with Gasteiger partial charge in [-0.2, -0.15) is 0 Å². The van der Waals surface area contributed by atoms with Gasteiger partial charge in [0.2, 0.25) is 5.91 Å². The lowest BCUT2D eigenvalue weighted by molar-refractivity contribution is -0.138. The molecule has 1 aromatic rings. The molecule has 2 atom stereocenters. The van der Waals surface area contributed by atoms with Crippen LogP contribution in [0.5, 0.6) is 0 Å². The van der Waals surface area contributed by atoms with Crippen LogP contribution >= 0.6 is 15.9 Å². The Bertz CT molecular complexity index is 755. The number of carbonyl (C=O) groups excluding carboxylic acids is 2. The predicted molar refractivity (Wildman–Crippen MR) is 109 cm³/mol. The minimum Gasteiger partial charge on any atom is -0.339 e. The lowest BCUT2D eigenvalue weighted by Crippen LogP contribution is -2.57. The van der Waals surface area contributed by atoms with Crippen molar-refractivity contribution in [2.45, 2.75) is 55.7 Å². The largest absolute Gasteiger partial charge is 0.339 e. The SMILES string of the molecule is O=C(c1ccc(NC(=O)C23CC4CC(CC(Br)(C4)C2)C3)cc1)N1CCCC1. The highest BCUT2D eigenvalue weighted by atomic mass is 79.9. The van der Waals surface area contributed by atoms with E-state index in [9.17, 15) is 9.59 Å². The molecule has 2 amide bonds. The maximum Gasteiger partial charge on any atom is 0.253 e. The number of alkyl halides is 1. The average molecular weight is 431 g/mol. The Labute approximate surface area is 169 Å². The summed E-state index contributed by atoms with van der Waals surface area (Å²) in [6, 6.07) is 7.46. The van der Waals surface area contributed by atoms with Crippen LogP contribution in [0.4, 0.5) is 5.69 Å². The van der Waals surface area contributed by atoms with Crippen LogP contribution in [0, 0.1) is 17.3 Å². The van der Waals surface area contributed by atoms with E-state index in [2.05, 4.69) is 21.2 Å². The summed E-state index contributed by atoms with van der Waals surface area (Å²) in [5, 5.41) is 3.17. The fourth-order valence-electron chi connectivity index (χ4n) is 6.48. The van der Waals surface area contributed by atoms with Gasteiger partial charge in [0.05, 0.1) is 5.41 Å². The number of rotatable bonds is 3. The number of benzene rings is 1. The minimum absolute atomic E-state index is 0.104. The third-order valence-corrected chi connectivity index (χ3v) is 8.18. The maximum absolute atomic E-state index is 13.2. The van der Waals surface area contributed by atoms with Crippen molar-refractivity contribution in [1.82, 2.24) is 4.90 Å². The molecule has 0 radical (unpaired) electrons. The van der Waals surface area contributed by atoms with Crippen LogP contribution in [0.1, 0.15) is 61.7 Å². The van der Waals surface area contributed by atoms with E-state index in [-0.39, 0.29) is 21.6 Å². The Hall–Kier alpha value is -1.36. The fraction of sp³-hybridized carbons (Fsp3) is 0.636. The molecule has 0 aromatic heterocycles. The van der Waals surface area contributed by atoms with Crippen molar-refractivity contribution < 1.29 is 9.59 Å². The number of hydrogen-bond acceptors (Lipinski definition) is 2. The van der Waals surface area contributed by atoms with E-state index in [1.807, 2.05) is 29.2 Å². The van der Waals surface area contributed by atoms with Gasteiger partial charge < -0.3 is 10.2 Å². The van der Waals surface area contributed by atoms with E-state index in [1.165, 1.54) is 19.3 Å². The molecule has 4 saturated carbocycles. The Morgan fingerprint density at radius 1 is 1.00 bits per heavy atom. The first-order valence-electron chi connectivity index (χ1n) is 10.3. The molecule has 5 heteroatoms. The summed E-state index contributed by atoms with van der Waals surface area (Å²) in [6.45, 7) is 1.72. The Morgan fingerprint density at radius 2 is 1.63 bits per heavy atom. The van der Waals surface area contributed by atoms with Gasteiger partial charge in [0.25, 0.3) is 5.91 Å². The van der Waals surface area contributed by atoms with E-state index in [1.54, 1.807) is 0 Å². The average Bonchev–Trinajstić information content (AvgIpc) is 3.14. The molecule has 27 heavy (non-hydrogen) atoms. The van der Waals surface area contributed by atoms with Crippen molar-refractivity contribution in [3.05, 3.63) is 29.8 Å². The lowest BCUT2D eigenvalue weighted by Gasteiger charge is -2.59. The molecule has 4 nitrogen and oxygen atoms in total. The summed E-state index contributed by atoms with van der Waals surface area (Å²) in [6.07, 6.45) is 8.98. The molecule has 1 aliphatic heterocycles. The maximum atomic E-state index is 13.2. The van der Waals surface area contributed by atoms with Crippen molar-refractivity contribution >= 4 is 33.4 Å². The summed E-state index contributed by atoms with van der Waals surface area (Å²) >= 11 is 3.98. The van der Waals surface area contributed by atoms with E-state index in [0.29, 0.717) is 17.4 Å². The van der Waals surface area contributed by atoms with Gasteiger partial charge >= 0.3 is 0 Å². The zero-order chi connectivity index (χ0) is 18.6. The second-order valence-electron chi connectivity index (χ2n) is 9.42. The quantitative estimate of drug-likeness (QED) is 0.712. The number of nitrogens with one attached hydrogen (secondary N) is 1. The molecule has 5 fully saturated rings. The van der Waals surface area contributed by atoms with Crippen molar-refractivity contribution in [3.63, 3.8) is 0 Å². The normalized spacial score (nSPS) is 36.9. The molecule has 4 bridgehead atoms. The Kier molecular flexibility index (Phi) is 4.15. The Morgan fingerprint density at radius 3 is 2.22 bits per heavy atom. The molecule has 4 aliphatic carbocycles. The van der Waals surface area contributed by atoms with Gasteiger partial charge in [0.15, 0.2) is 0 Å². The minimum atomic E-state index is -0.211. The van der Waals surface area contributed by atoms with Gasteiger partial charge in [-0.05, 0) is 87.5 Å². The fourth-order valence-corrected chi connectivity index (χ4v) is 7.93. The summed E-state index contributed by atoms with van der Waals surface area (Å²) in [7, 11) is 0. The number of nitrogens with zero attached hydrogens (tertiary/aromatic N) is 1. The number of hydrogen-bond donors (Lipinski definition) is 1. The van der Waals surface area contributed by atoms with Crippen LogP contribution in [0.25, 0.3) is 0 Å². The van der Waals surface area contributed by atoms with Gasteiger partial charge in [-0.15, -0.1) is 0 Å². The Balaban J connectivity index is 1.29. The number of carbonyl (C=O) groups is 2. The van der Waals surface area contributed by atoms with Crippen molar-refractivity contribution in [2.75, 3.05) is 18.4 Å². The number of halogens is 1. The smallest absolute Gasteiger partial charge is 0.253 e. The van der Waals surface area contributed by atoms with Crippen molar-refractivity contribution in [1.29, 1.82) is 0 Å². The molecule has 1 saturated heterocycles. The van der Waals surface area contributed by atoms with E-state index in [0.717, 1.165) is 50.9 Å². The zero-order valence-electron chi connectivity index (χ0n) is 15.7. The van der Waals surface area contributed by atoms with Crippen LogP contribution in [0.15, 0.2) is 24.3 Å². The van der Waals surface area contributed by atoms with Gasteiger partial charge in [-0.25, -0.2) is 0 Å². The van der Waals surface area contributed by atoms with Gasteiger partial charge in [-0.3, -0.25) is 9.59 Å². The van der Waals surface area contributed by atoms with Crippen LogP contribution in [0.3, 0.4) is 0 Å². The molecule has 6 rings (SSSR count). The third kappa shape index (κ3) is 3.12. The predicted octanol–water partition coefficient (Wildman–Crippen LogP) is 4.60. The van der Waals surface area contributed by atoms with Crippen LogP contribution in [-0.2, 0) is 4.79 Å². The lowest BCUT2D eigenvalue weighted by atomic mass is 9.49. The molecular formula is C22H27BrN2O2. The van der Waals surface area contributed by atoms with Crippen molar-refractivity contribution in [2.24, 2.45) is 17.3 Å². The van der Waals surface area contributed by atoms with Gasteiger partial charge in [0.1, 0.15) is 0 Å².